The van der Waals surface area contributed by atoms with E-state index in [9.17, 15) is 14.0 Å². The number of carbonyl (C=O) groups is 2. The molecule has 6 nitrogen and oxygen atoms in total. The van der Waals surface area contributed by atoms with Gasteiger partial charge in [-0.1, -0.05) is 24.3 Å². The zero-order chi connectivity index (χ0) is 21.5. The third kappa shape index (κ3) is 5.57. The second-order valence-electron chi connectivity index (χ2n) is 7.49. The lowest BCUT2D eigenvalue weighted by molar-refractivity contribution is -0.131. The maximum absolute atomic E-state index is 13.4. The van der Waals surface area contributed by atoms with E-state index in [4.69, 9.17) is 4.74 Å². The van der Waals surface area contributed by atoms with Crippen molar-refractivity contribution in [2.75, 3.05) is 46.9 Å². The van der Waals surface area contributed by atoms with Crippen LogP contribution in [0.2, 0.25) is 0 Å². The molecule has 1 aliphatic heterocycles. The Hall–Kier alpha value is -2.93. The molecule has 0 N–H and O–H groups in total. The highest BCUT2D eigenvalue weighted by atomic mass is 19.1. The Morgan fingerprint density at radius 2 is 1.87 bits per heavy atom. The van der Waals surface area contributed by atoms with E-state index < -0.39 is 5.82 Å². The molecule has 0 radical (unpaired) electrons. The van der Waals surface area contributed by atoms with Gasteiger partial charge in [0.05, 0.1) is 13.7 Å². The molecule has 160 valence electrons. The van der Waals surface area contributed by atoms with E-state index in [1.54, 1.807) is 36.1 Å². The second-order valence-corrected chi connectivity index (χ2v) is 7.49. The summed E-state index contributed by atoms with van der Waals surface area (Å²) in [6.07, 6.45) is 0.768. The SMILES string of the molecule is COc1ccccc1CN(C)C(=O)CN1CCCN(C(=O)c2cccc(F)c2)CC1. The number of benzene rings is 2. The number of likely N-dealkylation sites (N-methyl/N-ethyl adjacent to an activating group) is 1. The van der Waals surface area contributed by atoms with Gasteiger partial charge in [-0.2, -0.15) is 0 Å². The van der Waals surface area contributed by atoms with Crippen LogP contribution in [0.1, 0.15) is 22.3 Å². The smallest absolute Gasteiger partial charge is 0.254 e. The van der Waals surface area contributed by atoms with E-state index in [2.05, 4.69) is 4.90 Å². The molecule has 2 aromatic rings. The third-order valence-electron chi connectivity index (χ3n) is 5.33. The Labute approximate surface area is 176 Å². The fraction of sp³-hybridized carbons (Fsp3) is 0.391. The summed E-state index contributed by atoms with van der Waals surface area (Å²) in [7, 11) is 3.40. The van der Waals surface area contributed by atoms with Crippen molar-refractivity contribution < 1.29 is 18.7 Å². The predicted molar refractivity (Wildman–Crippen MR) is 113 cm³/mol. The van der Waals surface area contributed by atoms with Crippen LogP contribution in [-0.4, -0.2) is 73.4 Å². The molecular formula is C23H28FN3O3. The van der Waals surface area contributed by atoms with Crippen molar-refractivity contribution in [2.24, 2.45) is 0 Å². The summed E-state index contributed by atoms with van der Waals surface area (Å²) in [5, 5.41) is 0. The zero-order valence-corrected chi connectivity index (χ0v) is 17.5. The number of carbonyl (C=O) groups excluding carboxylic acids is 2. The van der Waals surface area contributed by atoms with E-state index in [1.165, 1.54) is 12.1 Å². The molecule has 1 saturated heterocycles. The van der Waals surface area contributed by atoms with Crippen LogP contribution in [0, 0.1) is 5.82 Å². The fourth-order valence-electron chi connectivity index (χ4n) is 3.63. The third-order valence-corrected chi connectivity index (χ3v) is 5.33. The lowest BCUT2D eigenvalue weighted by Crippen LogP contribution is -2.40. The number of nitrogens with zero attached hydrogens (tertiary/aromatic N) is 3. The molecule has 0 spiro atoms. The number of methoxy groups -OCH3 is 1. The number of hydrogen-bond donors (Lipinski definition) is 0. The highest BCUT2D eigenvalue weighted by Crippen LogP contribution is 2.19. The normalized spacial score (nSPS) is 14.8. The molecule has 0 bridgehead atoms. The molecule has 0 aliphatic carbocycles. The minimum absolute atomic E-state index is 0.0193. The van der Waals surface area contributed by atoms with Crippen LogP contribution in [0.3, 0.4) is 0 Å². The summed E-state index contributed by atoms with van der Waals surface area (Å²) in [5.41, 5.74) is 1.31. The van der Waals surface area contributed by atoms with Crippen molar-refractivity contribution in [1.29, 1.82) is 0 Å². The second kappa shape index (κ2) is 10.2. The molecule has 0 saturated carbocycles. The summed E-state index contributed by atoms with van der Waals surface area (Å²) >= 11 is 0. The average Bonchev–Trinajstić information content (AvgIpc) is 2.99. The summed E-state index contributed by atoms with van der Waals surface area (Å²) in [6, 6.07) is 13.4. The van der Waals surface area contributed by atoms with Gasteiger partial charge in [-0.3, -0.25) is 14.5 Å². The molecule has 1 fully saturated rings. The number of halogens is 1. The Morgan fingerprint density at radius 3 is 2.63 bits per heavy atom. The molecule has 1 heterocycles. The van der Waals surface area contributed by atoms with Gasteiger partial charge in [-0.25, -0.2) is 4.39 Å². The first-order valence-electron chi connectivity index (χ1n) is 10.1. The Kier molecular flexibility index (Phi) is 7.41. The van der Waals surface area contributed by atoms with Crippen molar-refractivity contribution in [3.8, 4) is 5.75 Å². The van der Waals surface area contributed by atoms with Crippen molar-refractivity contribution >= 4 is 11.8 Å². The molecule has 2 aromatic carbocycles. The molecule has 0 atom stereocenters. The predicted octanol–water partition coefficient (Wildman–Crippen LogP) is 2.64. The monoisotopic (exact) mass is 413 g/mol. The first kappa shape index (κ1) is 21.8. The Morgan fingerprint density at radius 1 is 1.07 bits per heavy atom. The van der Waals surface area contributed by atoms with Crippen molar-refractivity contribution in [3.05, 3.63) is 65.5 Å². The Balaban J connectivity index is 1.54. The van der Waals surface area contributed by atoms with Crippen molar-refractivity contribution in [2.45, 2.75) is 13.0 Å². The number of para-hydroxylation sites is 1. The minimum Gasteiger partial charge on any atom is -0.496 e. The summed E-state index contributed by atoms with van der Waals surface area (Å²) < 4.78 is 18.8. The van der Waals surface area contributed by atoms with Crippen LogP contribution >= 0.6 is 0 Å². The van der Waals surface area contributed by atoms with Crippen molar-refractivity contribution in [3.63, 3.8) is 0 Å². The highest BCUT2D eigenvalue weighted by Gasteiger charge is 2.23. The summed E-state index contributed by atoms with van der Waals surface area (Å²) in [5.74, 6) is 0.196. The van der Waals surface area contributed by atoms with E-state index in [0.717, 1.165) is 24.3 Å². The first-order chi connectivity index (χ1) is 14.5. The highest BCUT2D eigenvalue weighted by molar-refractivity contribution is 5.94. The van der Waals surface area contributed by atoms with Crippen molar-refractivity contribution in [1.82, 2.24) is 14.7 Å². The van der Waals surface area contributed by atoms with Gasteiger partial charge in [0.25, 0.3) is 5.91 Å². The van der Waals surface area contributed by atoms with Gasteiger partial charge in [-0.05, 0) is 30.7 Å². The van der Waals surface area contributed by atoms with Gasteiger partial charge in [0.1, 0.15) is 11.6 Å². The maximum atomic E-state index is 13.4. The fourth-order valence-corrected chi connectivity index (χ4v) is 3.63. The van der Waals surface area contributed by atoms with E-state index in [-0.39, 0.29) is 11.8 Å². The summed E-state index contributed by atoms with van der Waals surface area (Å²) in [4.78, 5) is 30.9. The van der Waals surface area contributed by atoms with Gasteiger partial charge < -0.3 is 14.5 Å². The molecule has 30 heavy (non-hydrogen) atoms. The number of hydrogen-bond acceptors (Lipinski definition) is 4. The van der Waals surface area contributed by atoms with Gasteiger partial charge in [0.15, 0.2) is 0 Å². The van der Waals surface area contributed by atoms with Gasteiger partial charge in [0.2, 0.25) is 5.91 Å². The molecule has 1 aliphatic rings. The van der Waals surface area contributed by atoms with Crippen LogP contribution in [0.5, 0.6) is 5.75 Å². The summed E-state index contributed by atoms with van der Waals surface area (Å²) in [6.45, 7) is 3.22. The largest absolute Gasteiger partial charge is 0.496 e. The van der Waals surface area contributed by atoms with Crippen LogP contribution < -0.4 is 4.74 Å². The number of rotatable bonds is 6. The molecule has 2 amide bonds. The lowest BCUT2D eigenvalue weighted by Gasteiger charge is -2.25. The molecule has 3 rings (SSSR count). The van der Waals surface area contributed by atoms with Gasteiger partial charge >= 0.3 is 0 Å². The van der Waals surface area contributed by atoms with Gasteiger partial charge in [0, 0.05) is 50.9 Å². The van der Waals surface area contributed by atoms with Crippen LogP contribution in [-0.2, 0) is 11.3 Å². The number of ether oxygens (including phenoxy) is 1. The number of amides is 2. The van der Waals surface area contributed by atoms with E-state index in [1.807, 2.05) is 24.3 Å². The van der Waals surface area contributed by atoms with Crippen LogP contribution in [0.25, 0.3) is 0 Å². The van der Waals surface area contributed by atoms with Crippen LogP contribution in [0.15, 0.2) is 48.5 Å². The molecule has 0 unspecified atom stereocenters. The average molecular weight is 413 g/mol. The minimum atomic E-state index is -0.416. The van der Waals surface area contributed by atoms with E-state index in [0.29, 0.717) is 38.3 Å². The first-order valence-corrected chi connectivity index (χ1v) is 10.1. The van der Waals surface area contributed by atoms with Gasteiger partial charge in [-0.15, -0.1) is 0 Å². The maximum Gasteiger partial charge on any atom is 0.254 e. The molecular weight excluding hydrogens is 385 g/mol. The standard InChI is InChI=1S/C23H28FN3O3/c1-25(16-19-7-3-4-10-21(19)30-2)22(28)17-26-11-6-12-27(14-13-26)23(29)18-8-5-9-20(24)15-18/h3-5,7-10,15H,6,11-14,16-17H2,1-2H3. The topological polar surface area (TPSA) is 53.1 Å². The quantitative estimate of drug-likeness (QED) is 0.731. The molecule has 0 aromatic heterocycles. The molecule has 7 heteroatoms. The zero-order valence-electron chi connectivity index (χ0n) is 17.5. The van der Waals surface area contributed by atoms with E-state index >= 15 is 0 Å². The lowest BCUT2D eigenvalue weighted by atomic mass is 10.2. The Bertz CT molecular complexity index is 890. The van der Waals surface area contributed by atoms with Crippen LogP contribution in [0.4, 0.5) is 4.39 Å².